The zero-order chi connectivity index (χ0) is 15.6. The second-order valence-electron chi connectivity index (χ2n) is 6.89. The van der Waals surface area contributed by atoms with Crippen LogP contribution in [0.25, 0.3) is 0 Å². The number of halogens is 1. The Balaban J connectivity index is 2.25. The maximum absolute atomic E-state index is 5.73. The predicted molar refractivity (Wildman–Crippen MR) is 90.8 cm³/mol. The molecule has 2 unspecified atom stereocenters. The largest absolute Gasteiger partial charge is 0.375 e. The van der Waals surface area contributed by atoms with Gasteiger partial charge in [-0.3, -0.25) is 0 Å². The quantitative estimate of drug-likeness (QED) is 0.901. The first-order chi connectivity index (χ1) is 9.76. The lowest BCUT2D eigenvalue weighted by molar-refractivity contribution is 0.0339. The minimum atomic E-state index is 0.0868. The van der Waals surface area contributed by atoms with E-state index in [0.29, 0.717) is 6.04 Å². The highest BCUT2D eigenvalue weighted by Gasteiger charge is 2.26. The highest BCUT2D eigenvalue weighted by molar-refractivity contribution is 9.10. The third kappa shape index (κ3) is 4.66. The van der Waals surface area contributed by atoms with Gasteiger partial charge < -0.3 is 15.0 Å². The lowest BCUT2D eigenvalue weighted by Gasteiger charge is -2.38. The Kier molecular flexibility index (Phi) is 5.28. The van der Waals surface area contributed by atoms with E-state index in [4.69, 9.17) is 4.74 Å². The fourth-order valence-corrected chi connectivity index (χ4v) is 2.80. The number of hydrogen-bond acceptors (Lipinski definition) is 4. The number of pyridine rings is 1. The molecule has 118 valence electrons. The first-order valence-electron chi connectivity index (χ1n) is 7.54. The molecule has 5 heteroatoms. The van der Waals surface area contributed by atoms with Crippen LogP contribution < -0.4 is 10.2 Å². The Morgan fingerprint density at radius 3 is 2.81 bits per heavy atom. The summed E-state index contributed by atoms with van der Waals surface area (Å²) in [4.78, 5) is 7.03. The molecule has 1 aromatic heterocycles. The van der Waals surface area contributed by atoms with E-state index in [1.807, 2.05) is 6.20 Å². The van der Waals surface area contributed by atoms with Crippen LogP contribution in [0, 0.1) is 0 Å². The first-order valence-corrected chi connectivity index (χ1v) is 8.33. The Morgan fingerprint density at radius 2 is 2.14 bits per heavy atom. The molecule has 1 aromatic rings. The highest BCUT2D eigenvalue weighted by atomic mass is 79.9. The van der Waals surface area contributed by atoms with Crippen molar-refractivity contribution in [1.82, 2.24) is 10.3 Å². The van der Waals surface area contributed by atoms with Gasteiger partial charge in [-0.1, -0.05) is 0 Å². The van der Waals surface area contributed by atoms with Crippen LogP contribution >= 0.6 is 15.9 Å². The molecule has 1 N–H and O–H groups in total. The van der Waals surface area contributed by atoms with Crippen LogP contribution in [0.1, 0.15) is 40.2 Å². The molecule has 2 rings (SSSR count). The van der Waals surface area contributed by atoms with Crippen LogP contribution in [0.4, 0.5) is 5.82 Å². The van der Waals surface area contributed by atoms with Crippen molar-refractivity contribution in [2.45, 2.75) is 58.8 Å². The van der Waals surface area contributed by atoms with E-state index in [0.717, 1.165) is 30.0 Å². The van der Waals surface area contributed by atoms with Crippen LogP contribution in [0.2, 0.25) is 0 Å². The Hall–Kier alpha value is -0.650. The molecule has 4 nitrogen and oxygen atoms in total. The first kappa shape index (κ1) is 16.7. The van der Waals surface area contributed by atoms with E-state index in [1.54, 1.807) is 0 Å². The van der Waals surface area contributed by atoms with Crippen molar-refractivity contribution < 1.29 is 4.74 Å². The summed E-state index contributed by atoms with van der Waals surface area (Å²) in [6.07, 6.45) is 2.12. The molecule has 1 saturated heterocycles. The van der Waals surface area contributed by atoms with E-state index < -0.39 is 0 Å². The smallest absolute Gasteiger partial charge is 0.133 e. The number of nitrogens with zero attached hydrogens (tertiary/aromatic N) is 2. The second-order valence-corrected chi connectivity index (χ2v) is 7.80. The molecule has 2 heterocycles. The van der Waals surface area contributed by atoms with E-state index in [2.05, 4.69) is 71.8 Å². The van der Waals surface area contributed by atoms with Gasteiger partial charge in [-0.15, -0.1) is 0 Å². The van der Waals surface area contributed by atoms with Gasteiger partial charge in [-0.2, -0.15) is 0 Å². The molecule has 0 radical (unpaired) electrons. The van der Waals surface area contributed by atoms with E-state index in [9.17, 15) is 0 Å². The fourth-order valence-electron chi connectivity index (χ4n) is 2.42. The van der Waals surface area contributed by atoms with Crippen molar-refractivity contribution in [2.75, 3.05) is 18.1 Å². The number of nitrogens with one attached hydrogen (secondary N) is 1. The summed E-state index contributed by atoms with van der Waals surface area (Å²) in [6.45, 7) is 13.3. The summed E-state index contributed by atoms with van der Waals surface area (Å²) < 4.78 is 6.74. The van der Waals surface area contributed by atoms with Gasteiger partial charge in [0.1, 0.15) is 5.82 Å². The summed E-state index contributed by atoms with van der Waals surface area (Å²) in [7, 11) is 0. The third-order valence-corrected chi connectivity index (χ3v) is 4.03. The Labute approximate surface area is 136 Å². The lowest BCUT2D eigenvalue weighted by Crippen LogP contribution is -2.48. The number of hydrogen-bond donors (Lipinski definition) is 1. The zero-order valence-corrected chi connectivity index (χ0v) is 15.2. The third-order valence-electron chi connectivity index (χ3n) is 3.60. The maximum atomic E-state index is 5.73. The minimum absolute atomic E-state index is 0.0868. The van der Waals surface area contributed by atoms with E-state index >= 15 is 0 Å². The molecule has 1 aliphatic heterocycles. The van der Waals surface area contributed by atoms with Gasteiger partial charge >= 0.3 is 0 Å². The molecule has 0 spiro atoms. The van der Waals surface area contributed by atoms with Crippen LogP contribution in [-0.4, -0.2) is 35.8 Å². The van der Waals surface area contributed by atoms with Gasteiger partial charge in [0.15, 0.2) is 0 Å². The average molecular weight is 356 g/mol. The van der Waals surface area contributed by atoms with Crippen LogP contribution in [0.15, 0.2) is 16.7 Å². The molecule has 1 fully saturated rings. The van der Waals surface area contributed by atoms with Crippen LogP contribution in [0.3, 0.4) is 0 Å². The van der Waals surface area contributed by atoms with Gasteiger partial charge in [0.25, 0.3) is 0 Å². The van der Waals surface area contributed by atoms with Crippen molar-refractivity contribution in [3.63, 3.8) is 0 Å². The monoisotopic (exact) mass is 355 g/mol. The molecule has 0 amide bonds. The molecule has 0 aliphatic carbocycles. The number of morpholine rings is 1. The summed E-state index contributed by atoms with van der Waals surface area (Å²) in [5, 5.41) is 3.55. The minimum Gasteiger partial charge on any atom is -0.375 e. The summed E-state index contributed by atoms with van der Waals surface area (Å²) >= 11 is 3.53. The standard InChI is InChI=1S/C16H26BrN3O/c1-11-10-21-12(2)9-20(11)15-13(6-14(17)8-18-15)7-19-16(3,4)5/h6,8,11-12,19H,7,9-10H2,1-5H3. The van der Waals surface area contributed by atoms with Crippen molar-refractivity contribution in [2.24, 2.45) is 0 Å². The van der Waals surface area contributed by atoms with E-state index in [1.165, 1.54) is 5.56 Å². The van der Waals surface area contributed by atoms with Gasteiger partial charge in [-0.05, 0) is 56.6 Å². The van der Waals surface area contributed by atoms with Crippen molar-refractivity contribution >= 4 is 21.7 Å². The molecular weight excluding hydrogens is 330 g/mol. The Morgan fingerprint density at radius 1 is 1.43 bits per heavy atom. The van der Waals surface area contributed by atoms with Gasteiger partial charge in [0, 0.05) is 34.9 Å². The molecular formula is C16H26BrN3O. The maximum Gasteiger partial charge on any atom is 0.133 e. The topological polar surface area (TPSA) is 37.4 Å². The molecule has 0 saturated carbocycles. The number of anilines is 1. The van der Waals surface area contributed by atoms with Crippen molar-refractivity contribution in [3.8, 4) is 0 Å². The van der Waals surface area contributed by atoms with Crippen molar-refractivity contribution in [3.05, 3.63) is 22.3 Å². The summed E-state index contributed by atoms with van der Waals surface area (Å²) in [5.74, 6) is 1.07. The number of ether oxygens (including phenoxy) is 1. The van der Waals surface area contributed by atoms with Crippen molar-refractivity contribution in [1.29, 1.82) is 0 Å². The zero-order valence-electron chi connectivity index (χ0n) is 13.6. The van der Waals surface area contributed by atoms with Crippen LogP contribution in [0.5, 0.6) is 0 Å². The highest BCUT2D eigenvalue weighted by Crippen LogP contribution is 2.26. The Bertz CT molecular complexity index is 487. The summed E-state index contributed by atoms with van der Waals surface area (Å²) in [5.41, 5.74) is 1.31. The lowest BCUT2D eigenvalue weighted by atomic mass is 10.1. The number of rotatable bonds is 3. The normalized spacial score (nSPS) is 23.4. The second kappa shape index (κ2) is 6.63. The number of aromatic nitrogens is 1. The van der Waals surface area contributed by atoms with Gasteiger partial charge in [-0.25, -0.2) is 4.98 Å². The molecule has 21 heavy (non-hydrogen) atoms. The van der Waals surface area contributed by atoms with Crippen LogP contribution in [-0.2, 0) is 11.3 Å². The summed E-state index contributed by atoms with van der Waals surface area (Å²) in [6, 6.07) is 2.51. The molecule has 2 atom stereocenters. The average Bonchev–Trinajstić information content (AvgIpc) is 2.39. The van der Waals surface area contributed by atoms with E-state index in [-0.39, 0.29) is 11.6 Å². The molecule has 1 aliphatic rings. The van der Waals surface area contributed by atoms with Gasteiger partial charge in [0.2, 0.25) is 0 Å². The molecule has 0 aromatic carbocycles. The predicted octanol–water partition coefficient (Wildman–Crippen LogP) is 3.35. The SMILES string of the molecule is CC1CN(c2ncc(Br)cc2CNC(C)(C)C)C(C)CO1. The fraction of sp³-hybridized carbons (Fsp3) is 0.688. The molecule has 0 bridgehead atoms. The van der Waals surface area contributed by atoms with Gasteiger partial charge in [0.05, 0.1) is 18.8 Å².